The van der Waals surface area contributed by atoms with E-state index in [-0.39, 0.29) is 11.7 Å². The Morgan fingerprint density at radius 2 is 2.20 bits per heavy atom. The van der Waals surface area contributed by atoms with Crippen LogP contribution in [0.25, 0.3) is 10.6 Å². The van der Waals surface area contributed by atoms with Crippen LogP contribution in [0.2, 0.25) is 0 Å². The van der Waals surface area contributed by atoms with Gasteiger partial charge in [-0.3, -0.25) is 9.78 Å². The topological polar surface area (TPSA) is 54.9 Å². The van der Waals surface area contributed by atoms with Gasteiger partial charge in [-0.1, -0.05) is 6.92 Å². The molecule has 3 aromatic rings. The highest BCUT2D eigenvalue weighted by Gasteiger charge is 2.29. The van der Waals surface area contributed by atoms with Crippen LogP contribution in [0.1, 0.15) is 29.8 Å². The summed E-state index contributed by atoms with van der Waals surface area (Å²) in [6, 6.07) is 8.39. The molecule has 0 saturated heterocycles. The van der Waals surface area contributed by atoms with Gasteiger partial charge < -0.3 is 5.32 Å². The lowest BCUT2D eigenvalue weighted by atomic mass is 9.91. The molecule has 25 heavy (non-hydrogen) atoms. The van der Waals surface area contributed by atoms with Gasteiger partial charge in [0.1, 0.15) is 10.8 Å². The summed E-state index contributed by atoms with van der Waals surface area (Å²) in [4.78, 5) is 21.4. The average molecular weight is 353 g/mol. The van der Waals surface area contributed by atoms with E-state index in [1.807, 2.05) is 17.5 Å². The molecule has 0 bridgehead atoms. The van der Waals surface area contributed by atoms with Crippen molar-refractivity contribution in [1.82, 2.24) is 9.97 Å². The number of carbonyl (C=O) groups excluding carboxylic acids is 1. The number of aryl methyl sites for hydroxylation is 1. The van der Waals surface area contributed by atoms with Crippen LogP contribution in [-0.2, 0) is 17.6 Å². The number of pyridine rings is 1. The number of hydrogen-bond acceptors (Lipinski definition) is 4. The summed E-state index contributed by atoms with van der Waals surface area (Å²) in [5.74, 6) is -0.789. The predicted octanol–water partition coefficient (Wildman–Crippen LogP) is 4.19. The molecular formula is C19H16FN3OS. The van der Waals surface area contributed by atoms with Crippen molar-refractivity contribution >= 4 is 22.9 Å². The van der Waals surface area contributed by atoms with Gasteiger partial charge in [0.05, 0.1) is 11.6 Å². The highest BCUT2D eigenvalue weighted by Crippen LogP contribution is 2.34. The average Bonchev–Trinajstić information content (AvgIpc) is 3.11. The molecular weight excluding hydrogens is 337 g/mol. The Labute approximate surface area is 148 Å². The normalized spacial score (nSPS) is 16.4. The number of nitrogens with zero attached hydrogens (tertiary/aromatic N) is 2. The molecule has 4 nitrogen and oxygen atoms in total. The van der Waals surface area contributed by atoms with E-state index >= 15 is 0 Å². The highest BCUT2D eigenvalue weighted by molar-refractivity contribution is 7.13. The third-order valence-corrected chi connectivity index (χ3v) is 5.28. The summed E-state index contributed by atoms with van der Waals surface area (Å²) in [5.41, 5.74) is 4.22. The van der Waals surface area contributed by atoms with Crippen molar-refractivity contribution in [1.29, 1.82) is 0 Å². The van der Waals surface area contributed by atoms with Crippen molar-refractivity contribution < 1.29 is 9.18 Å². The van der Waals surface area contributed by atoms with Crippen LogP contribution < -0.4 is 5.32 Å². The Balaban J connectivity index is 1.64. The number of nitrogens with one attached hydrogen (secondary N) is 1. The van der Waals surface area contributed by atoms with Gasteiger partial charge in [0.25, 0.3) is 0 Å². The lowest BCUT2D eigenvalue weighted by Crippen LogP contribution is -2.28. The zero-order valence-corrected chi connectivity index (χ0v) is 14.4. The minimum absolute atomic E-state index is 0.0973. The molecule has 1 aromatic carbocycles. The minimum atomic E-state index is -0.396. The second kappa shape index (κ2) is 6.37. The van der Waals surface area contributed by atoms with E-state index < -0.39 is 5.92 Å². The molecule has 0 saturated carbocycles. The van der Waals surface area contributed by atoms with Crippen LogP contribution in [0.4, 0.5) is 10.1 Å². The summed E-state index contributed by atoms with van der Waals surface area (Å²) in [6.45, 7) is 2.06. The van der Waals surface area contributed by atoms with Crippen molar-refractivity contribution in [2.45, 2.75) is 25.7 Å². The van der Waals surface area contributed by atoms with E-state index in [2.05, 4.69) is 22.2 Å². The van der Waals surface area contributed by atoms with E-state index in [0.29, 0.717) is 12.1 Å². The molecule has 1 amide bonds. The number of fused-ring (bicyclic) bond motifs is 1. The Bertz CT molecular complexity index is 953. The van der Waals surface area contributed by atoms with Gasteiger partial charge in [-0.15, -0.1) is 11.3 Å². The Morgan fingerprint density at radius 1 is 1.32 bits per heavy atom. The minimum Gasteiger partial charge on any atom is -0.325 e. The first-order valence-electron chi connectivity index (χ1n) is 8.14. The summed E-state index contributed by atoms with van der Waals surface area (Å²) in [6.07, 6.45) is 3.10. The first-order chi connectivity index (χ1) is 12.1. The quantitative estimate of drug-likeness (QED) is 0.768. The second-order valence-electron chi connectivity index (χ2n) is 6.01. The maximum absolute atomic E-state index is 13.5. The van der Waals surface area contributed by atoms with Crippen LogP contribution in [-0.4, -0.2) is 15.9 Å². The number of halogens is 1. The highest BCUT2D eigenvalue weighted by atomic mass is 32.1. The summed E-state index contributed by atoms with van der Waals surface area (Å²) >= 11 is 1.51. The number of rotatable bonds is 3. The van der Waals surface area contributed by atoms with Gasteiger partial charge in [0, 0.05) is 28.5 Å². The number of carbonyl (C=O) groups is 1. The molecule has 0 spiro atoms. The Morgan fingerprint density at radius 3 is 3.04 bits per heavy atom. The fourth-order valence-corrected chi connectivity index (χ4v) is 3.88. The molecule has 4 rings (SSSR count). The van der Waals surface area contributed by atoms with E-state index in [1.165, 1.54) is 23.5 Å². The molecule has 1 aliphatic heterocycles. The van der Waals surface area contributed by atoms with E-state index in [4.69, 9.17) is 0 Å². The first kappa shape index (κ1) is 15.9. The lowest BCUT2D eigenvalue weighted by Gasteiger charge is -2.23. The van der Waals surface area contributed by atoms with Crippen molar-refractivity contribution in [3.05, 3.63) is 64.7 Å². The van der Waals surface area contributed by atoms with Crippen LogP contribution in [0, 0.1) is 5.82 Å². The summed E-state index contributed by atoms with van der Waals surface area (Å²) < 4.78 is 13.5. The zero-order chi connectivity index (χ0) is 17.4. The van der Waals surface area contributed by atoms with Crippen molar-refractivity contribution in [3.63, 3.8) is 0 Å². The number of aromatic nitrogens is 2. The van der Waals surface area contributed by atoms with Gasteiger partial charge in [0.15, 0.2) is 0 Å². The largest absolute Gasteiger partial charge is 0.325 e. The van der Waals surface area contributed by atoms with Crippen molar-refractivity contribution in [3.8, 4) is 10.6 Å². The number of thiazole rings is 1. The standard InChI is InChI=1S/C19H16FN3OS/c1-2-14-8-11(5-6-21-14)19-23-17(10-25-19)15-9-12-7-13(20)3-4-16(12)22-18(15)24/h3-8,10,15H,2,9H2,1H3,(H,22,24). The third-order valence-electron chi connectivity index (χ3n) is 4.37. The maximum atomic E-state index is 13.5. The smallest absolute Gasteiger partial charge is 0.233 e. The first-order valence-corrected chi connectivity index (χ1v) is 9.02. The Hall–Kier alpha value is -2.60. The van der Waals surface area contributed by atoms with E-state index in [0.717, 1.165) is 33.9 Å². The molecule has 1 N–H and O–H groups in total. The zero-order valence-electron chi connectivity index (χ0n) is 13.6. The molecule has 0 aliphatic carbocycles. The molecule has 0 fully saturated rings. The summed E-state index contributed by atoms with van der Waals surface area (Å²) in [7, 11) is 0. The number of hydrogen-bond donors (Lipinski definition) is 1. The monoisotopic (exact) mass is 353 g/mol. The molecule has 1 unspecified atom stereocenters. The number of benzene rings is 1. The van der Waals surface area contributed by atoms with E-state index in [9.17, 15) is 9.18 Å². The molecule has 1 aliphatic rings. The summed E-state index contributed by atoms with van der Waals surface area (Å²) in [5, 5.41) is 5.63. The molecule has 1 atom stereocenters. The molecule has 2 aromatic heterocycles. The third kappa shape index (κ3) is 3.05. The van der Waals surface area contributed by atoms with Crippen LogP contribution in [0.3, 0.4) is 0 Å². The number of anilines is 1. The number of amides is 1. The fraction of sp³-hybridized carbons (Fsp3) is 0.211. The van der Waals surface area contributed by atoms with Crippen molar-refractivity contribution in [2.24, 2.45) is 0 Å². The molecule has 3 heterocycles. The van der Waals surface area contributed by atoms with Crippen LogP contribution >= 0.6 is 11.3 Å². The maximum Gasteiger partial charge on any atom is 0.233 e. The molecule has 6 heteroatoms. The second-order valence-corrected chi connectivity index (χ2v) is 6.87. The SMILES string of the molecule is CCc1cc(-c2nc(C3Cc4cc(F)ccc4NC3=O)cs2)ccn1. The van der Waals surface area contributed by atoms with Gasteiger partial charge in [-0.05, 0) is 48.7 Å². The van der Waals surface area contributed by atoms with Gasteiger partial charge in [-0.2, -0.15) is 0 Å². The van der Waals surface area contributed by atoms with Crippen LogP contribution in [0.15, 0.2) is 41.9 Å². The lowest BCUT2D eigenvalue weighted by molar-refractivity contribution is -0.117. The van der Waals surface area contributed by atoms with E-state index in [1.54, 1.807) is 12.3 Å². The van der Waals surface area contributed by atoms with Gasteiger partial charge in [0.2, 0.25) is 5.91 Å². The predicted molar refractivity (Wildman–Crippen MR) is 96.2 cm³/mol. The molecule has 126 valence electrons. The molecule has 0 radical (unpaired) electrons. The van der Waals surface area contributed by atoms with Gasteiger partial charge in [-0.25, -0.2) is 9.37 Å². The van der Waals surface area contributed by atoms with Crippen molar-refractivity contribution in [2.75, 3.05) is 5.32 Å². The van der Waals surface area contributed by atoms with Gasteiger partial charge >= 0.3 is 0 Å². The Kier molecular flexibility index (Phi) is 4.05. The van der Waals surface area contributed by atoms with Crippen LogP contribution in [0.5, 0.6) is 0 Å². The fourth-order valence-electron chi connectivity index (χ4n) is 3.01.